The fourth-order valence-corrected chi connectivity index (χ4v) is 2.55. The van der Waals surface area contributed by atoms with Crippen LogP contribution in [0.3, 0.4) is 0 Å². The number of rotatable bonds is 8. The van der Waals surface area contributed by atoms with Crippen LogP contribution in [-0.4, -0.2) is 17.0 Å². The summed E-state index contributed by atoms with van der Waals surface area (Å²) in [5.41, 5.74) is 6.09. The highest BCUT2D eigenvalue weighted by molar-refractivity contribution is 7.99. The third kappa shape index (κ3) is 7.69. The van der Waals surface area contributed by atoms with Crippen molar-refractivity contribution in [3.8, 4) is 0 Å². The van der Waals surface area contributed by atoms with E-state index >= 15 is 0 Å². The zero-order chi connectivity index (χ0) is 11.0. The highest BCUT2D eigenvalue weighted by Gasteiger charge is 2.09. The molecule has 0 aromatic carbocycles. The van der Waals surface area contributed by atoms with E-state index in [4.69, 9.17) is 5.73 Å². The van der Waals surface area contributed by atoms with Crippen LogP contribution < -0.4 is 5.73 Å². The van der Waals surface area contributed by atoms with E-state index in [1.165, 1.54) is 25.7 Å². The first-order chi connectivity index (χ1) is 6.60. The Morgan fingerprint density at radius 1 is 1.21 bits per heavy atom. The summed E-state index contributed by atoms with van der Waals surface area (Å²) in [5.74, 6) is 1.93. The summed E-state index contributed by atoms with van der Waals surface area (Å²) < 4.78 is 0. The molecule has 0 fully saturated rings. The van der Waals surface area contributed by atoms with Gasteiger partial charge in [0.25, 0.3) is 0 Å². The van der Waals surface area contributed by atoms with E-state index < -0.39 is 0 Å². The van der Waals surface area contributed by atoms with Gasteiger partial charge in [0.1, 0.15) is 0 Å². The molecule has 0 aliphatic carbocycles. The van der Waals surface area contributed by atoms with Gasteiger partial charge in [0, 0.05) is 17.0 Å². The van der Waals surface area contributed by atoms with Crippen molar-refractivity contribution in [3.05, 3.63) is 0 Å². The number of thioether (sulfide) groups is 1. The molecule has 86 valence electrons. The average molecular weight is 217 g/mol. The summed E-state index contributed by atoms with van der Waals surface area (Å²) in [7, 11) is 0. The molecule has 2 heteroatoms. The Hall–Kier alpha value is 0.310. The van der Waals surface area contributed by atoms with Crippen molar-refractivity contribution < 1.29 is 0 Å². The fourth-order valence-electron chi connectivity index (χ4n) is 1.60. The number of hydrogen-bond acceptors (Lipinski definition) is 2. The van der Waals surface area contributed by atoms with Crippen molar-refractivity contribution in [1.82, 2.24) is 0 Å². The predicted molar refractivity (Wildman–Crippen MR) is 68.9 cm³/mol. The molecule has 0 heterocycles. The summed E-state index contributed by atoms with van der Waals surface area (Å²) in [6.45, 7) is 9.09. The van der Waals surface area contributed by atoms with Crippen molar-refractivity contribution in [3.63, 3.8) is 0 Å². The highest BCUT2D eigenvalue weighted by Crippen LogP contribution is 2.18. The van der Waals surface area contributed by atoms with Gasteiger partial charge in [-0.1, -0.05) is 40.5 Å². The molecule has 0 saturated carbocycles. The van der Waals surface area contributed by atoms with Crippen molar-refractivity contribution in [1.29, 1.82) is 0 Å². The van der Waals surface area contributed by atoms with E-state index in [2.05, 4.69) is 27.7 Å². The topological polar surface area (TPSA) is 26.0 Å². The third-order valence-electron chi connectivity index (χ3n) is 2.66. The lowest BCUT2D eigenvalue weighted by atomic mass is 9.99. The van der Waals surface area contributed by atoms with Crippen molar-refractivity contribution in [2.24, 2.45) is 11.7 Å². The second-order valence-electron chi connectivity index (χ2n) is 4.44. The Morgan fingerprint density at radius 2 is 1.86 bits per heavy atom. The van der Waals surface area contributed by atoms with Crippen molar-refractivity contribution in [2.75, 3.05) is 5.75 Å². The van der Waals surface area contributed by atoms with E-state index in [9.17, 15) is 0 Å². The molecule has 0 aromatic rings. The smallest absolute Gasteiger partial charge is 0.0133 e. The van der Waals surface area contributed by atoms with Crippen LogP contribution in [0.1, 0.15) is 53.4 Å². The van der Waals surface area contributed by atoms with Crippen molar-refractivity contribution in [2.45, 2.75) is 64.7 Å². The Balaban J connectivity index is 3.49. The Bertz CT molecular complexity index is 127. The molecule has 0 spiro atoms. The summed E-state index contributed by atoms with van der Waals surface area (Å²) in [4.78, 5) is 0. The first kappa shape index (κ1) is 14.3. The van der Waals surface area contributed by atoms with Gasteiger partial charge in [0.2, 0.25) is 0 Å². The second-order valence-corrected chi connectivity index (χ2v) is 5.91. The van der Waals surface area contributed by atoms with Gasteiger partial charge in [-0.05, 0) is 18.8 Å². The molecule has 2 N–H and O–H groups in total. The second kappa shape index (κ2) is 8.60. The molecule has 3 unspecified atom stereocenters. The van der Waals surface area contributed by atoms with Gasteiger partial charge in [0.05, 0.1) is 0 Å². The Morgan fingerprint density at radius 3 is 2.36 bits per heavy atom. The molecule has 0 amide bonds. The van der Waals surface area contributed by atoms with Gasteiger partial charge < -0.3 is 5.73 Å². The summed E-state index contributed by atoms with van der Waals surface area (Å²) >= 11 is 2.02. The Kier molecular flexibility index (Phi) is 8.80. The molecular weight excluding hydrogens is 190 g/mol. The maximum atomic E-state index is 6.09. The first-order valence-electron chi connectivity index (χ1n) is 5.97. The van der Waals surface area contributed by atoms with E-state index in [-0.39, 0.29) is 0 Å². The van der Waals surface area contributed by atoms with Gasteiger partial charge in [0.15, 0.2) is 0 Å². The summed E-state index contributed by atoms with van der Waals surface area (Å²) in [5, 5.41) is 0.766. The number of hydrogen-bond donors (Lipinski definition) is 1. The van der Waals surface area contributed by atoms with Crippen LogP contribution in [0.2, 0.25) is 0 Å². The van der Waals surface area contributed by atoms with Crippen LogP contribution in [0.5, 0.6) is 0 Å². The molecule has 0 saturated heterocycles. The minimum Gasteiger partial charge on any atom is -0.327 e. The zero-order valence-electron chi connectivity index (χ0n) is 10.3. The molecule has 0 aliphatic heterocycles. The maximum Gasteiger partial charge on any atom is 0.0133 e. The predicted octanol–water partition coefficient (Wildman–Crippen LogP) is 3.67. The summed E-state index contributed by atoms with van der Waals surface area (Å²) in [6, 6.07) is 0.399. The molecule has 3 atom stereocenters. The molecule has 0 bridgehead atoms. The standard InChI is InChI=1S/C12H27NS/c1-5-7-10(3)8-12(13)9-14-11(4)6-2/h10-12H,5-9,13H2,1-4H3. The minimum absolute atomic E-state index is 0.399. The van der Waals surface area contributed by atoms with E-state index in [1.807, 2.05) is 11.8 Å². The van der Waals surface area contributed by atoms with Crippen LogP contribution in [0.25, 0.3) is 0 Å². The average Bonchev–Trinajstić information content (AvgIpc) is 2.14. The van der Waals surface area contributed by atoms with E-state index in [0.29, 0.717) is 6.04 Å². The van der Waals surface area contributed by atoms with Gasteiger partial charge in [-0.25, -0.2) is 0 Å². The van der Waals surface area contributed by atoms with Crippen LogP contribution in [-0.2, 0) is 0 Å². The molecule has 0 aliphatic rings. The number of nitrogens with two attached hydrogens (primary N) is 1. The lowest BCUT2D eigenvalue weighted by molar-refractivity contribution is 0.450. The molecule has 0 rings (SSSR count). The molecule has 0 aromatic heterocycles. The Labute approximate surface area is 94.2 Å². The van der Waals surface area contributed by atoms with E-state index in [1.54, 1.807) is 0 Å². The van der Waals surface area contributed by atoms with Crippen LogP contribution in [0.4, 0.5) is 0 Å². The molecule has 14 heavy (non-hydrogen) atoms. The lowest BCUT2D eigenvalue weighted by Crippen LogP contribution is -2.26. The fraction of sp³-hybridized carbons (Fsp3) is 1.00. The molecule has 1 nitrogen and oxygen atoms in total. The third-order valence-corrected chi connectivity index (χ3v) is 4.18. The molecule has 0 radical (unpaired) electrons. The van der Waals surface area contributed by atoms with Gasteiger partial charge in [-0.15, -0.1) is 0 Å². The van der Waals surface area contributed by atoms with Crippen LogP contribution in [0.15, 0.2) is 0 Å². The maximum absolute atomic E-state index is 6.09. The normalized spacial score (nSPS) is 17.8. The largest absolute Gasteiger partial charge is 0.327 e. The lowest BCUT2D eigenvalue weighted by Gasteiger charge is -2.18. The van der Waals surface area contributed by atoms with E-state index in [0.717, 1.165) is 16.9 Å². The van der Waals surface area contributed by atoms with Gasteiger partial charge in [-0.2, -0.15) is 11.8 Å². The van der Waals surface area contributed by atoms with Crippen LogP contribution >= 0.6 is 11.8 Å². The SMILES string of the molecule is CCCC(C)CC(N)CSC(C)CC. The molecular formula is C12H27NS. The van der Waals surface area contributed by atoms with Gasteiger partial charge >= 0.3 is 0 Å². The highest BCUT2D eigenvalue weighted by atomic mass is 32.2. The monoisotopic (exact) mass is 217 g/mol. The summed E-state index contributed by atoms with van der Waals surface area (Å²) in [6.07, 6.45) is 5.05. The van der Waals surface area contributed by atoms with Crippen LogP contribution in [0, 0.1) is 5.92 Å². The van der Waals surface area contributed by atoms with Gasteiger partial charge in [-0.3, -0.25) is 0 Å². The van der Waals surface area contributed by atoms with Crippen molar-refractivity contribution >= 4 is 11.8 Å². The zero-order valence-corrected chi connectivity index (χ0v) is 11.1. The first-order valence-corrected chi connectivity index (χ1v) is 7.02. The minimum atomic E-state index is 0.399. The quantitative estimate of drug-likeness (QED) is 0.671.